The van der Waals surface area contributed by atoms with Crippen molar-refractivity contribution in [1.29, 1.82) is 0 Å². The highest BCUT2D eigenvalue weighted by Crippen LogP contribution is 2.39. The zero-order valence-electron chi connectivity index (χ0n) is 19.3. The van der Waals surface area contributed by atoms with Crippen molar-refractivity contribution in [1.82, 2.24) is 19.5 Å². The van der Waals surface area contributed by atoms with Crippen molar-refractivity contribution in [3.8, 4) is 16.9 Å². The van der Waals surface area contributed by atoms with Gasteiger partial charge in [0.15, 0.2) is 0 Å². The lowest BCUT2D eigenvalue weighted by Gasteiger charge is -2.24. The predicted molar refractivity (Wildman–Crippen MR) is 131 cm³/mol. The third kappa shape index (κ3) is 4.73. The van der Waals surface area contributed by atoms with Crippen molar-refractivity contribution in [2.45, 2.75) is 25.5 Å². The molecule has 1 aliphatic rings. The highest BCUT2D eigenvalue weighted by atomic mass is 16.5. The highest BCUT2D eigenvalue weighted by molar-refractivity contribution is 6.01. The number of rotatable bonds is 6. The first-order valence-corrected chi connectivity index (χ1v) is 11.3. The van der Waals surface area contributed by atoms with Crippen LogP contribution in [0.5, 0.6) is 5.75 Å². The summed E-state index contributed by atoms with van der Waals surface area (Å²) in [6.07, 6.45) is 8.08. The molecule has 3 N–H and O–H groups in total. The van der Waals surface area contributed by atoms with Crippen molar-refractivity contribution in [2.75, 3.05) is 31.4 Å². The van der Waals surface area contributed by atoms with Gasteiger partial charge in [0.1, 0.15) is 30.1 Å². The maximum atomic E-state index is 12.4. The summed E-state index contributed by atoms with van der Waals surface area (Å²) in [4.78, 5) is 25.1. The summed E-state index contributed by atoms with van der Waals surface area (Å²) in [5.74, 6) is 0.905. The van der Waals surface area contributed by atoms with Crippen LogP contribution >= 0.6 is 0 Å². The number of fused-ring (bicyclic) bond motifs is 1. The van der Waals surface area contributed by atoms with E-state index in [4.69, 9.17) is 19.9 Å². The molecule has 0 saturated carbocycles. The Morgan fingerprint density at radius 1 is 1.20 bits per heavy atom. The number of aromatic nitrogens is 4. The van der Waals surface area contributed by atoms with Crippen molar-refractivity contribution in [3.05, 3.63) is 60.8 Å². The van der Waals surface area contributed by atoms with Gasteiger partial charge in [-0.3, -0.25) is 10.3 Å². The van der Waals surface area contributed by atoms with E-state index in [-0.39, 0.29) is 12.6 Å². The lowest BCUT2D eigenvalue weighted by molar-refractivity contribution is 0.0706. The second-order valence-corrected chi connectivity index (χ2v) is 8.22. The first kappa shape index (κ1) is 22.6. The summed E-state index contributed by atoms with van der Waals surface area (Å²) < 4.78 is 18.6. The Kier molecular flexibility index (Phi) is 6.44. The van der Waals surface area contributed by atoms with E-state index in [9.17, 15) is 4.79 Å². The van der Waals surface area contributed by atoms with E-state index in [1.165, 1.54) is 6.33 Å². The predicted octanol–water partition coefficient (Wildman–Crippen LogP) is 4.18. The molecule has 3 aromatic heterocycles. The molecule has 4 aromatic rings. The number of carbonyl (C=O) groups excluding carboxylic acids is 1. The highest BCUT2D eigenvalue weighted by Gasteiger charge is 2.23. The van der Waals surface area contributed by atoms with Crippen LogP contribution in [-0.4, -0.2) is 45.9 Å². The van der Waals surface area contributed by atoms with Gasteiger partial charge in [-0.15, -0.1) is 0 Å². The van der Waals surface area contributed by atoms with E-state index in [0.717, 1.165) is 40.6 Å². The summed E-state index contributed by atoms with van der Waals surface area (Å²) in [5.41, 5.74) is 10.2. The maximum Gasteiger partial charge on any atom is 0.412 e. The van der Waals surface area contributed by atoms with Crippen molar-refractivity contribution >= 4 is 28.6 Å². The molecule has 1 amide bonds. The smallest absolute Gasteiger partial charge is 0.412 e. The number of nitrogens with one attached hydrogen (secondary N) is 1. The molecule has 1 aliphatic heterocycles. The Morgan fingerprint density at radius 3 is 2.77 bits per heavy atom. The van der Waals surface area contributed by atoms with Gasteiger partial charge in [0.2, 0.25) is 0 Å². The third-order valence-corrected chi connectivity index (χ3v) is 6.09. The Bertz CT molecular complexity index is 1330. The number of nitrogens with zero attached hydrogens (tertiary/aromatic N) is 4. The second-order valence-electron chi connectivity index (χ2n) is 8.22. The summed E-state index contributed by atoms with van der Waals surface area (Å²) in [5, 5.41) is 3.54. The van der Waals surface area contributed by atoms with Crippen LogP contribution in [0.25, 0.3) is 22.2 Å². The monoisotopic (exact) mass is 474 g/mol. The summed E-state index contributed by atoms with van der Waals surface area (Å²) in [6.45, 7) is 1.57. The van der Waals surface area contributed by atoms with E-state index in [2.05, 4.69) is 31.0 Å². The minimum absolute atomic E-state index is 0.139. The Balaban J connectivity index is 1.42. The Hall–Kier alpha value is -4.18. The number of anilines is 2. The van der Waals surface area contributed by atoms with Crippen LogP contribution in [0.15, 0.2) is 55.2 Å². The third-order valence-electron chi connectivity index (χ3n) is 6.09. The van der Waals surface area contributed by atoms with Crippen molar-refractivity contribution < 1.29 is 19.0 Å². The average molecular weight is 475 g/mol. The van der Waals surface area contributed by atoms with Crippen molar-refractivity contribution in [3.63, 3.8) is 0 Å². The van der Waals surface area contributed by atoms with E-state index in [1.54, 1.807) is 37.7 Å². The first-order chi connectivity index (χ1) is 17.1. The van der Waals surface area contributed by atoms with Crippen LogP contribution in [0, 0.1) is 0 Å². The number of nitrogens with two attached hydrogens (primary N) is 1. The maximum absolute atomic E-state index is 12.4. The van der Waals surface area contributed by atoms with Gasteiger partial charge in [0.25, 0.3) is 0 Å². The number of benzene rings is 1. The topological polar surface area (TPSA) is 126 Å². The molecule has 0 aliphatic carbocycles. The molecular weight excluding hydrogens is 448 g/mol. The van der Waals surface area contributed by atoms with E-state index in [0.29, 0.717) is 30.5 Å². The molecule has 0 bridgehead atoms. The number of nitrogen functional groups attached to an aromatic ring is 1. The molecule has 4 heterocycles. The van der Waals surface area contributed by atoms with Crippen LogP contribution in [0.2, 0.25) is 0 Å². The fourth-order valence-corrected chi connectivity index (χ4v) is 4.30. The molecule has 1 aromatic carbocycles. The summed E-state index contributed by atoms with van der Waals surface area (Å²) >= 11 is 0. The zero-order valence-corrected chi connectivity index (χ0v) is 19.3. The van der Waals surface area contributed by atoms with E-state index >= 15 is 0 Å². The minimum Gasteiger partial charge on any atom is -0.495 e. The molecule has 0 atom stereocenters. The van der Waals surface area contributed by atoms with Crippen LogP contribution < -0.4 is 15.8 Å². The van der Waals surface area contributed by atoms with Crippen LogP contribution in [0.1, 0.15) is 24.4 Å². The lowest BCUT2D eigenvalue weighted by Crippen LogP contribution is -2.19. The summed E-state index contributed by atoms with van der Waals surface area (Å²) in [7, 11) is 1.55. The molecule has 0 unspecified atom stereocenters. The molecular formula is C25H26N6O4. The number of carbonyl (C=O) groups is 1. The van der Waals surface area contributed by atoms with Crippen LogP contribution in [0.3, 0.4) is 0 Å². The zero-order chi connectivity index (χ0) is 24.2. The van der Waals surface area contributed by atoms with Gasteiger partial charge in [0.05, 0.1) is 18.2 Å². The van der Waals surface area contributed by atoms with Gasteiger partial charge in [-0.2, -0.15) is 0 Å². The molecule has 180 valence electrons. The van der Waals surface area contributed by atoms with E-state index in [1.807, 2.05) is 12.1 Å². The SMILES string of the molecule is COc1cc(-c2cn(C3CCOCC3)c3ncnc(N)c23)ccc1NC(=O)OCc1ccncc1. The first-order valence-electron chi connectivity index (χ1n) is 11.3. The van der Waals surface area contributed by atoms with Gasteiger partial charge in [0, 0.05) is 43.4 Å². The molecule has 10 nitrogen and oxygen atoms in total. The van der Waals surface area contributed by atoms with Gasteiger partial charge in [-0.25, -0.2) is 14.8 Å². The van der Waals surface area contributed by atoms with Gasteiger partial charge < -0.3 is 24.5 Å². The molecule has 35 heavy (non-hydrogen) atoms. The lowest BCUT2D eigenvalue weighted by atomic mass is 10.0. The quantitative estimate of drug-likeness (QED) is 0.426. The number of pyridine rings is 1. The van der Waals surface area contributed by atoms with Gasteiger partial charge in [-0.05, 0) is 48.2 Å². The molecule has 0 radical (unpaired) electrons. The van der Waals surface area contributed by atoms with Crippen molar-refractivity contribution in [2.24, 2.45) is 0 Å². The van der Waals surface area contributed by atoms with Gasteiger partial charge >= 0.3 is 6.09 Å². The molecule has 0 spiro atoms. The number of methoxy groups -OCH3 is 1. The average Bonchev–Trinajstić information content (AvgIpc) is 3.30. The molecule has 10 heteroatoms. The van der Waals surface area contributed by atoms with E-state index < -0.39 is 6.09 Å². The Labute approximate surface area is 202 Å². The summed E-state index contributed by atoms with van der Waals surface area (Å²) in [6, 6.07) is 9.38. The van der Waals surface area contributed by atoms with Crippen LogP contribution in [-0.2, 0) is 16.1 Å². The molecule has 5 rings (SSSR count). The Morgan fingerprint density at radius 2 is 2.00 bits per heavy atom. The van der Waals surface area contributed by atoms with Gasteiger partial charge in [-0.1, -0.05) is 6.07 Å². The number of hydrogen-bond donors (Lipinski definition) is 2. The second kappa shape index (κ2) is 9.98. The largest absolute Gasteiger partial charge is 0.495 e. The fraction of sp³-hybridized carbons (Fsp3) is 0.280. The molecule has 1 saturated heterocycles. The molecule has 1 fully saturated rings. The van der Waals surface area contributed by atoms with Crippen LogP contribution in [0.4, 0.5) is 16.3 Å². The normalized spacial score (nSPS) is 14.1. The number of hydrogen-bond acceptors (Lipinski definition) is 8. The standard InChI is InChI=1S/C25H26N6O4/c1-33-21-12-17(2-3-20(21)30-25(32)35-14-16-4-8-27-9-5-16)19-13-31(18-6-10-34-11-7-18)24-22(19)23(26)28-15-29-24/h2-5,8-9,12-13,15,18H,6-7,10-11,14H2,1H3,(H,30,32)(H2,26,28,29). The fourth-order valence-electron chi connectivity index (χ4n) is 4.30. The minimum atomic E-state index is -0.582. The number of ether oxygens (including phenoxy) is 3. The number of amides is 1.